The number of carbonyl (C=O) groups excluding carboxylic acids is 2. The third-order valence-corrected chi connectivity index (χ3v) is 7.48. The molecule has 1 atom stereocenters. The zero-order chi connectivity index (χ0) is 28.1. The number of fused-ring (bicyclic) bond motifs is 1. The van der Waals surface area contributed by atoms with E-state index in [-0.39, 0.29) is 24.4 Å². The predicted molar refractivity (Wildman–Crippen MR) is 154 cm³/mol. The van der Waals surface area contributed by atoms with E-state index in [0.717, 1.165) is 37.6 Å². The molecule has 0 unspecified atom stereocenters. The van der Waals surface area contributed by atoms with Gasteiger partial charge in [-0.3, -0.25) is 14.5 Å². The van der Waals surface area contributed by atoms with Crippen molar-refractivity contribution in [1.29, 1.82) is 0 Å². The Hall–Kier alpha value is -4.11. The van der Waals surface area contributed by atoms with Crippen molar-refractivity contribution in [2.75, 3.05) is 19.1 Å². The van der Waals surface area contributed by atoms with Crippen molar-refractivity contribution < 1.29 is 19.1 Å². The van der Waals surface area contributed by atoms with Crippen molar-refractivity contribution in [3.8, 4) is 11.5 Å². The molecule has 0 spiro atoms. The van der Waals surface area contributed by atoms with Gasteiger partial charge in [0, 0.05) is 16.8 Å². The molecule has 1 aromatic heterocycles. The molecule has 40 heavy (non-hydrogen) atoms. The van der Waals surface area contributed by atoms with Crippen LogP contribution in [0.4, 0.5) is 5.69 Å². The Labute approximate surface area is 238 Å². The van der Waals surface area contributed by atoms with Gasteiger partial charge in [0.1, 0.15) is 18.1 Å². The molecular weight excluding hydrogens is 530 g/mol. The molecular formula is C30H32ClN5O4. The van der Waals surface area contributed by atoms with E-state index in [1.54, 1.807) is 54.3 Å². The number of carbonyl (C=O) groups is 2. The topological polar surface area (TPSA) is 98.6 Å². The molecule has 3 aromatic carbocycles. The smallest absolute Gasteiger partial charge is 0.249 e. The fourth-order valence-corrected chi connectivity index (χ4v) is 5.45. The second-order valence-electron chi connectivity index (χ2n) is 9.84. The lowest BCUT2D eigenvalue weighted by Crippen LogP contribution is -2.48. The van der Waals surface area contributed by atoms with Gasteiger partial charge in [-0.15, -0.1) is 5.10 Å². The third-order valence-electron chi connectivity index (χ3n) is 7.24. The zero-order valence-corrected chi connectivity index (χ0v) is 23.3. The van der Waals surface area contributed by atoms with Crippen LogP contribution in [-0.4, -0.2) is 47.1 Å². The van der Waals surface area contributed by atoms with Crippen LogP contribution in [-0.2, 0) is 16.1 Å². The number of aromatic nitrogens is 3. The highest BCUT2D eigenvalue weighted by atomic mass is 35.5. The number of methoxy groups -OCH3 is 2. The van der Waals surface area contributed by atoms with E-state index in [4.69, 9.17) is 21.1 Å². The van der Waals surface area contributed by atoms with Crippen LogP contribution < -0.4 is 19.7 Å². The summed E-state index contributed by atoms with van der Waals surface area (Å²) in [4.78, 5) is 29.8. The summed E-state index contributed by atoms with van der Waals surface area (Å²) in [6.07, 6.45) is 5.08. The van der Waals surface area contributed by atoms with Crippen molar-refractivity contribution in [1.82, 2.24) is 20.3 Å². The van der Waals surface area contributed by atoms with Gasteiger partial charge in [-0.05, 0) is 60.9 Å². The van der Waals surface area contributed by atoms with Crippen molar-refractivity contribution in [2.24, 2.45) is 0 Å². The SMILES string of the molecule is COc1ccc([C@@H](C(=O)NC2CCCCC2)N(C(=O)Cn2nnc3ccccc32)c2cccc(Cl)c2)cc1OC. The minimum Gasteiger partial charge on any atom is -0.493 e. The summed E-state index contributed by atoms with van der Waals surface area (Å²) in [6, 6.07) is 18.6. The van der Waals surface area contributed by atoms with Gasteiger partial charge < -0.3 is 14.8 Å². The van der Waals surface area contributed by atoms with Crippen LogP contribution in [0.5, 0.6) is 11.5 Å². The van der Waals surface area contributed by atoms with E-state index in [9.17, 15) is 9.59 Å². The van der Waals surface area contributed by atoms with Crippen molar-refractivity contribution in [3.05, 3.63) is 77.3 Å². The summed E-state index contributed by atoms with van der Waals surface area (Å²) in [5.74, 6) is 0.344. The van der Waals surface area contributed by atoms with Crippen LogP contribution in [0.25, 0.3) is 11.0 Å². The highest BCUT2D eigenvalue weighted by molar-refractivity contribution is 6.31. The lowest BCUT2D eigenvalue weighted by atomic mass is 9.94. The van der Waals surface area contributed by atoms with Crippen LogP contribution in [0.15, 0.2) is 66.7 Å². The largest absolute Gasteiger partial charge is 0.493 e. The number of hydrogen-bond donors (Lipinski definition) is 1. The molecule has 208 valence electrons. The molecule has 0 radical (unpaired) electrons. The van der Waals surface area contributed by atoms with Gasteiger partial charge >= 0.3 is 0 Å². The number of halogens is 1. The molecule has 0 bridgehead atoms. The van der Waals surface area contributed by atoms with E-state index in [1.807, 2.05) is 24.3 Å². The molecule has 9 nitrogen and oxygen atoms in total. The molecule has 0 saturated heterocycles. The third kappa shape index (κ3) is 5.89. The minimum absolute atomic E-state index is 0.0412. The Bertz CT molecular complexity index is 1500. The number of rotatable bonds is 9. The van der Waals surface area contributed by atoms with Crippen LogP contribution in [0.1, 0.15) is 43.7 Å². The Morgan fingerprint density at radius 3 is 2.52 bits per heavy atom. The maximum atomic E-state index is 14.2. The van der Waals surface area contributed by atoms with Crippen LogP contribution in [0.2, 0.25) is 5.02 Å². The molecule has 2 amide bonds. The number of anilines is 1. The second kappa shape index (κ2) is 12.4. The lowest BCUT2D eigenvalue weighted by molar-refractivity contribution is -0.127. The van der Waals surface area contributed by atoms with E-state index in [1.165, 1.54) is 12.0 Å². The first-order chi connectivity index (χ1) is 19.5. The van der Waals surface area contributed by atoms with Crippen LogP contribution >= 0.6 is 11.6 Å². The van der Waals surface area contributed by atoms with E-state index in [2.05, 4.69) is 15.6 Å². The molecule has 10 heteroatoms. The standard InChI is InChI=1S/C30H32ClN5O4/c1-39-26-16-15-20(17-27(26)40-2)29(30(38)32-22-10-4-3-5-11-22)36(23-12-8-9-21(31)18-23)28(37)19-35-25-14-7-6-13-24(25)33-34-35/h6-9,12-18,22,29H,3-5,10-11,19H2,1-2H3,(H,32,38)/t29-/m0/s1. The Balaban J connectivity index is 1.60. The Kier molecular flexibility index (Phi) is 8.50. The molecule has 5 rings (SSSR count). The quantitative estimate of drug-likeness (QED) is 0.297. The summed E-state index contributed by atoms with van der Waals surface area (Å²) in [7, 11) is 3.09. The highest BCUT2D eigenvalue weighted by Gasteiger charge is 2.35. The van der Waals surface area contributed by atoms with E-state index in [0.29, 0.717) is 33.3 Å². The number of nitrogens with one attached hydrogen (secondary N) is 1. The summed E-state index contributed by atoms with van der Waals surface area (Å²) in [5.41, 5.74) is 2.45. The first kappa shape index (κ1) is 27.5. The van der Waals surface area contributed by atoms with Gasteiger partial charge in [0.25, 0.3) is 0 Å². The molecule has 4 aromatic rings. The fraction of sp³-hybridized carbons (Fsp3) is 0.333. The van der Waals surface area contributed by atoms with Crippen LogP contribution in [0.3, 0.4) is 0 Å². The summed E-state index contributed by atoms with van der Waals surface area (Å²) < 4.78 is 12.5. The lowest BCUT2D eigenvalue weighted by Gasteiger charge is -2.33. The number of hydrogen-bond acceptors (Lipinski definition) is 6. The van der Waals surface area contributed by atoms with Crippen molar-refractivity contribution >= 4 is 40.1 Å². The summed E-state index contributed by atoms with van der Waals surface area (Å²) in [6.45, 7) is -0.131. The minimum atomic E-state index is -1.01. The summed E-state index contributed by atoms with van der Waals surface area (Å²) in [5, 5.41) is 12.1. The monoisotopic (exact) mass is 561 g/mol. The zero-order valence-electron chi connectivity index (χ0n) is 22.5. The van der Waals surface area contributed by atoms with Gasteiger partial charge in [0.05, 0.1) is 19.7 Å². The Morgan fingerprint density at radius 2 is 1.77 bits per heavy atom. The second-order valence-corrected chi connectivity index (χ2v) is 10.3. The molecule has 1 fully saturated rings. The van der Waals surface area contributed by atoms with Gasteiger partial charge in [0.15, 0.2) is 11.5 Å². The van der Waals surface area contributed by atoms with Gasteiger partial charge in [-0.2, -0.15) is 0 Å². The highest BCUT2D eigenvalue weighted by Crippen LogP contribution is 2.35. The average Bonchev–Trinajstić information content (AvgIpc) is 3.38. The van der Waals surface area contributed by atoms with Gasteiger partial charge in [0.2, 0.25) is 11.8 Å². The van der Waals surface area contributed by atoms with Gasteiger partial charge in [-0.1, -0.05) is 60.3 Å². The number of para-hydroxylation sites is 1. The van der Waals surface area contributed by atoms with Crippen LogP contribution in [0, 0.1) is 0 Å². The number of benzene rings is 3. The normalized spacial score (nSPS) is 14.5. The van der Waals surface area contributed by atoms with Crippen molar-refractivity contribution in [3.63, 3.8) is 0 Å². The maximum Gasteiger partial charge on any atom is 0.249 e. The molecule has 1 aliphatic rings. The summed E-state index contributed by atoms with van der Waals surface area (Å²) >= 11 is 6.39. The van der Waals surface area contributed by atoms with Crippen molar-refractivity contribution in [2.45, 2.75) is 50.7 Å². The molecule has 1 heterocycles. The van der Waals surface area contributed by atoms with E-state index < -0.39 is 6.04 Å². The molecule has 0 aliphatic heterocycles. The average molecular weight is 562 g/mol. The first-order valence-corrected chi connectivity index (χ1v) is 13.7. The molecule has 1 saturated carbocycles. The molecule has 1 N–H and O–H groups in total. The number of ether oxygens (including phenoxy) is 2. The molecule has 1 aliphatic carbocycles. The number of nitrogens with zero attached hydrogens (tertiary/aromatic N) is 4. The Morgan fingerprint density at radius 1 is 1.00 bits per heavy atom. The first-order valence-electron chi connectivity index (χ1n) is 13.4. The number of amides is 2. The maximum absolute atomic E-state index is 14.2. The predicted octanol–water partition coefficient (Wildman–Crippen LogP) is 5.33. The van der Waals surface area contributed by atoms with Gasteiger partial charge in [-0.25, -0.2) is 4.68 Å². The fourth-order valence-electron chi connectivity index (χ4n) is 5.27. The van der Waals surface area contributed by atoms with E-state index >= 15 is 0 Å².